The van der Waals surface area contributed by atoms with Crippen LogP contribution in [0.5, 0.6) is 11.5 Å². The molecule has 2 aromatic carbocycles. The predicted octanol–water partition coefficient (Wildman–Crippen LogP) is 4.49. The summed E-state index contributed by atoms with van der Waals surface area (Å²) in [6.07, 6.45) is 2.60. The van der Waals surface area contributed by atoms with Crippen molar-refractivity contribution in [2.24, 2.45) is 0 Å². The Morgan fingerprint density at radius 1 is 1.04 bits per heavy atom. The number of likely N-dealkylation sites (tertiary alicyclic amines) is 1. The summed E-state index contributed by atoms with van der Waals surface area (Å²) in [7, 11) is 1.68. The number of ether oxygens (including phenoxy) is 2. The topological polar surface area (TPSA) is 21.7 Å². The molecule has 0 spiro atoms. The van der Waals surface area contributed by atoms with Crippen molar-refractivity contribution < 1.29 is 9.47 Å². The average Bonchev–Trinajstić information content (AvgIpc) is 3.09. The van der Waals surface area contributed by atoms with Gasteiger partial charge in [-0.2, -0.15) is 0 Å². The van der Waals surface area contributed by atoms with Crippen molar-refractivity contribution in [1.82, 2.24) is 4.90 Å². The fraction of sp³-hybridized carbons (Fsp3) is 0.368. The molecule has 0 aromatic heterocycles. The highest BCUT2D eigenvalue weighted by Gasteiger charge is 2.14. The zero-order valence-electron chi connectivity index (χ0n) is 13.4. The zero-order chi connectivity index (χ0) is 16.1. The summed E-state index contributed by atoms with van der Waals surface area (Å²) in [6.45, 7) is 4.02. The fourth-order valence-electron chi connectivity index (χ4n) is 2.99. The molecule has 1 aliphatic heterocycles. The molecule has 1 aliphatic rings. The molecule has 0 unspecified atom stereocenters. The van der Waals surface area contributed by atoms with E-state index in [1.165, 1.54) is 25.9 Å². The highest BCUT2D eigenvalue weighted by molar-refractivity contribution is 6.30. The second-order valence-corrected chi connectivity index (χ2v) is 6.18. The number of benzene rings is 2. The quantitative estimate of drug-likeness (QED) is 0.778. The van der Waals surface area contributed by atoms with Crippen molar-refractivity contribution >= 4 is 11.6 Å². The van der Waals surface area contributed by atoms with E-state index in [1.54, 1.807) is 7.11 Å². The van der Waals surface area contributed by atoms with Gasteiger partial charge in [-0.25, -0.2) is 0 Å². The van der Waals surface area contributed by atoms with Gasteiger partial charge in [0.05, 0.1) is 7.11 Å². The lowest BCUT2D eigenvalue weighted by Crippen LogP contribution is -2.25. The van der Waals surface area contributed by atoms with Gasteiger partial charge >= 0.3 is 0 Å². The van der Waals surface area contributed by atoms with Crippen molar-refractivity contribution in [2.45, 2.75) is 12.8 Å². The minimum atomic E-state index is 0.681. The Morgan fingerprint density at radius 3 is 2.48 bits per heavy atom. The van der Waals surface area contributed by atoms with E-state index in [-0.39, 0.29) is 0 Å². The first-order chi connectivity index (χ1) is 11.3. The van der Waals surface area contributed by atoms with Crippen LogP contribution in [0.25, 0.3) is 11.1 Å². The highest BCUT2D eigenvalue weighted by Crippen LogP contribution is 2.38. The molecule has 122 valence electrons. The first-order valence-electron chi connectivity index (χ1n) is 8.06. The van der Waals surface area contributed by atoms with Crippen LogP contribution in [0.4, 0.5) is 0 Å². The van der Waals surface area contributed by atoms with Crippen LogP contribution in [-0.4, -0.2) is 38.3 Å². The number of rotatable bonds is 6. The summed E-state index contributed by atoms with van der Waals surface area (Å²) in [5, 5.41) is 0.728. The third-order valence-corrected chi connectivity index (χ3v) is 4.45. The molecule has 23 heavy (non-hydrogen) atoms. The van der Waals surface area contributed by atoms with E-state index in [2.05, 4.69) is 4.90 Å². The summed E-state index contributed by atoms with van der Waals surface area (Å²) in [5.74, 6) is 1.57. The Kier molecular flexibility index (Phi) is 5.42. The molecule has 0 radical (unpaired) electrons. The van der Waals surface area contributed by atoms with Crippen LogP contribution < -0.4 is 9.47 Å². The molecule has 0 bridgehead atoms. The maximum Gasteiger partial charge on any atom is 0.168 e. The lowest BCUT2D eigenvalue weighted by atomic mass is 10.0. The monoisotopic (exact) mass is 331 g/mol. The average molecular weight is 332 g/mol. The second-order valence-electron chi connectivity index (χ2n) is 5.74. The van der Waals surface area contributed by atoms with Crippen LogP contribution in [0.1, 0.15) is 12.8 Å². The lowest BCUT2D eigenvalue weighted by molar-refractivity contribution is 0.230. The minimum Gasteiger partial charge on any atom is -0.492 e. The fourth-order valence-corrected chi connectivity index (χ4v) is 3.11. The molecule has 0 saturated carbocycles. The van der Waals surface area contributed by atoms with Crippen LogP contribution in [-0.2, 0) is 0 Å². The van der Waals surface area contributed by atoms with Crippen LogP contribution in [0.15, 0.2) is 42.5 Å². The van der Waals surface area contributed by atoms with Crippen LogP contribution in [0.3, 0.4) is 0 Å². The van der Waals surface area contributed by atoms with Crippen LogP contribution in [0, 0.1) is 0 Å². The Bertz CT molecular complexity index is 636. The molecule has 0 N–H and O–H groups in total. The number of hydrogen-bond donors (Lipinski definition) is 0. The SMILES string of the molecule is COc1c(OCCN2CCCC2)cccc1-c1ccc(Cl)cc1. The van der Waals surface area contributed by atoms with Gasteiger partial charge in [-0.05, 0) is 49.7 Å². The van der Waals surface area contributed by atoms with Crippen LogP contribution >= 0.6 is 11.6 Å². The number of halogens is 1. The molecule has 1 heterocycles. The number of hydrogen-bond acceptors (Lipinski definition) is 3. The van der Waals surface area contributed by atoms with Gasteiger partial charge in [0.15, 0.2) is 11.5 Å². The first kappa shape index (κ1) is 16.2. The van der Waals surface area contributed by atoms with Crippen LogP contribution in [0.2, 0.25) is 5.02 Å². The Hall–Kier alpha value is -1.71. The third kappa shape index (κ3) is 3.98. The van der Waals surface area contributed by atoms with Crippen molar-refractivity contribution in [2.75, 3.05) is 33.4 Å². The van der Waals surface area contributed by atoms with Crippen molar-refractivity contribution in [3.63, 3.8) is 0 Å². The Labute approximate surface area is 142 Å². The third-order valence-electron chi connectivity index (χ3n) is 4.20. The van der Waals surface area contributed by atoms with Gasteiger partial charge in [0, 0.05) is 17.1 Å². The van der Waals surface area contributed by atoms with Crippen molar-refractivity contribution in [3.8, 4) is 22.6 Å². The van der Waals surface area contributed by atoms with E-state index >= 15 is 0 Å². The molecular formula is C19H22ClNO2. The predicted molar refractivity (Wildman–Crippen MR) is 94.6 cm³/mol. The summed E-state index contributed by atoms with van der Waals surface area (Å²) < 4.78 is 11.6. The molecule has 3 nitrogen and oxygen atoms in total. The van der Waals surface area contributed by atoms with Gasteiger partial charge in [-0.3, -0.25) is 4.90 Å². The zero-order valence-corrected chi connectivity index (χ0v) is 14.2. The molecule has 4 heteroatoms. The lowest BCUT2D eigenvalue weighted by Gasteiger charge is -2.17. The molecule has 0 aliphatic carbocycles. The molecule has 2 aromatic rings. The van der Waals surface area contributed by atoms with E-state index in [4.69, 9.17) is 21.1 Å². The maximum absolute atomic E-state index is 5.98. The van der Waals surface area contributed by atoms with Gasteiger partial charge in [-0.15, -0.1) is 0 Å². The van der Waals surface area contributed by atoms with E-state index in [0.29, 0.717) is 6.61 Å². The van der Waals surface area contributed by atoms with Gasteiger partial charge < -0.3 is 9.47 Å². The molecule has 0 atom stereocenters. The molecular weight excluding hydrogens is 310 g/mol. The Morgan fingerprint density at radius 2 is 1.78 bits per heavy atom. The maximum atomic E-state index is 5.98. The summed E-state index contributed by atoms with van der Waals surface area (Å²) >= 11 is 5.97. The number of para-hydroxylation sites is 1. The van der Waals surface area contributed by atoms with Gasteiger partial charge in [0.25, 0.3) is 0 Å². The molecule has 1 saturated heterocycles. The van der Waals surface area contributed by atoms with Gasteiger partial charge in [0.1, 0.15) is 6.61 Å². The minimum absolute atomic E-state index is 0.681. The smallest absolute Gasteiger partial charge is 0.168 e. The van der Waals surface area contributed by atoms with E-state index in [0.717, 1.165) is 34.2 Å². The van der Waals surface area contributed by atoms with Gasteiger partial charge in [0.2, 0.25) is 0 Å². The van der Waals surface area contributed by atoms with Crippen molar-refractivity contribution in [3.05, 3.63) is 47.5 Å². The highest BCUT2D eigenvalue weighted by atomic mass is 35.5. The normalized spacial score (nSPS) is 14.9. The van der Waals surface area contributed by atoms with E-state index in [1.807, 2.05) is 42.5 Å². The summed E-state index contributed by atoms with van der Waals surface area (Å²) in [5.41, 5.74) is 2.08. The van der Waals surface area contributed by atoms with Gasteiger partial charge in [-0.1, -0.05) is 35.9 Å². The summed E-state index contributed by atoms with van der Waals surface area (Å²) in [6, 6.07) is 13.8. The second kappa shape index (κ2) is 7.71. The largest absolute Gasteiger partial charge is 0.492 e. The first-order valence-corrected chi connectivity index (χ1v) is 8.44. The standard InChI is InChI=1S/C19H22ClNO2/c1-22-19-17(15-7-9-16(20)10-8-15)5-4-6-18(19)23-14-13-21-11-2-3-12-21/h4-10H,2-3,11-14H2,1H3. The molecule has 0 amide bonds. The molecule has 3 rings (SSSR count). The van der Waals surface area contributed by atoms with E-state index in [9.17, 15) is 0 Å². The Balaban J connectivity index is 1.75. The van der Waals surface area contributed by atoms with E-state index < -0.39 is 0 Å². The number of nitrogens with zero attached hydrogens (tertiary/aromatic N) is 1. The number of methoxy groups -OCH3 is 1. The molecule has 1 fully saturated rings. The van der Waals surface area contributed by atoms with Crippen molar-refractivity contribution in [1.29, 1.82) is 0 Å². The summed E-state index contributed by atoms with van der Waals surface area (Å²) in [4.78, 5) is 2.44.